The number of imidazole rings is 1. The van der Waals surface area contributed by atoms with Gasteiger partial charge in [0.1, 0.15) is 17.3 Å². The lowest BCUT2D eigenvalue weighted by atomic mass is 10.0. The van der Waals surface area contributed by atoms with Crippen molar-refractivity contribution in [3.8, 4) is 11.4 Å². The molecule has 0 saturated carbocycles. The number of hydrogen-bond donors (Lipinski definition) is 1. The molecule has 0 radical (unpaired) electrons. The molecule has 1 N–H and O–H groups in total. The van der Waals surface area contributed by atoms with Crippen LogP contribution in [0, 0.1) is 5.82 Å². The minimum Gasteiger partial charge on any atom is -0.344 e. The van der Waals surface area contributed by atoms with Crippen molar-refractivity contribution >= 4 is 15.7 Å². The number of nitrogens with zero attached hydrogens (tertiary/aromatic N) is 2. The van der Waals surface area contributed by atoms with Gasteiger partial charge in [-0.1, -0.05) is 6.42 Å². The van der Waals surface area contributed by atoms with E-state index in [0.29, 0.717) is 17.9 Å². The van der Waals surface area contributed by atoms with E-state index in [1.165, 1.54) is 12.1 Å². The molecule has 2 aromatic rings. The van der Waals surface area contributed by atoms with Crippen molar-refractivity contribution in [2.45, 2.75) is 51.1 Å². The van der Waals surface area contributed by atoms with E-state index < -0.39 is 15.4 Å². The Morgan fingerprint density at radius 3 is 2.64 bits per heavy atom. The number of carbonyl (C=O) groups excluding carboxylic acids is 1. The zero-order valence-electron chi connectivity index (χ0n) is 15.9. The first-order valence-electron chi connectivity index (χ1n) is 9.65. The van der Waals surface area contributed by atoms with E-state index in [1.807, 2.05) is 0 Å². The Bertz CT molecular complexity index is 1010. The first-order chi connectivity index (χ1) is 13.3. The van der Waals surface area contributed by atoms with E-state index in [9.17, 15) is 17.6 Å². The number of amides is 1. The van der Waals surface area contributed by atoms with Crippen LogP contribution in [-0.2, 0) is 22.8 Å². The molecular weight excluding hydrogens is 381 g/mol. The monoisotopic (exact) mass is 405 g/mol. The molecule has 2 aliphatic rings. The molecule has 3 heterocycles. The molecule has 4 rings (SSSR count). The average molecular weight is 405 g/mol. The highest BCUT2D eigenvalue weighted by atomic mass is 32.2. The maximum atomic E-state index is 13.3. The van der Waals surface area contributed by atoms with Crippen molar-refractivity contribution in [2.75, 3.05) is 11.5 Å². The fraction of sp³-hybridized carbons (Fsp3) is 0.500. The fourth-order valence-corrected chi connectivity index (χ4v) is 6.26. The molecule has 150 valence electrons. The predicted octanol–water partition coefficient (Wildman–Crippen LogP) is 2.72. The van der Waals surface area contributed by atoms with Gasteiger partial charge in [0.2, 0.25) is 0 Å². The van der Waals surface area contributed by atoms with Crippen LogP contribution in [0.1, 0.15) is 48.8 Å². The van der Waals surface area contributed by atoms with E-state index in [-0.39, 0.29) is 23.2 Å². The van der Waals surface area contributed by atoms with Gasteiger partial charge in [0.25, 0.3) is 5.91 Å². The SMILES string of the molecule is CC1(NC(=O)c2nc(-c3ccc(F)cc3)n3c2CCCCC3)CCS(=O)(=O)C1. The molecule has 1 atom stereocenters. The zero-order valence-corrected chi connectivity index (χ0v) is 16.7. The largest absolute Gasteiger partial charge is 0.344 e. The van der Waals surface area contributed by atoms with Gasteiger partial charge in [0.15, 0.2) is 9.84 Å². The van der Waals surface area contributed by atoms with E-state index in [2.05, 4.69) is 14.9 Å². The highest BCUT2D eigenvalue weighted by molar-refractivity contribution is 7.91. The maximum Gasteiger partial charge on any atom is 0.272 e. The minimum absolute atomic E-state index is 0.0490. The van der Waals surface area contributed by atoms with Crippen LogP contribution >= 0.6 is 0 Å². The maximum absolute atomic E-state index is 13.3. The molecule has 1 unspecified atom stereocenters. The van der Waals surface area contributed by atoms with Gasteiger partial charge in [-0.15, -0.1) is 0 Å². The van der Waals surface area contributed by atoms with Crippen LogP contribution in [0.4, 0.5) is 4.39 Å². The van der Waals surface area contributed by atoms with Crippen LogP contribution in [0.3, 0.4) is 0 Å². The van der Waals surface area contributed by atoms with E-state index in [4.69, 9.17) is 0 Å². The number of aromatic nitrogens is 2. The molecule has 1 fully saturated rings. The number of carbonyl (C=O) groups is 1. The summed E-state index contributed by atoms with van der Waals surface area (Å²) in [5, 5.41) is 2.92. The van der Waals surface area contributed by atoms with Gasteiger partial charge < -0.3 is 9.88 Å². The quantitative estimate of drug-likeness (QED) is 0.851. The molecule has 0 aliphatic carbocycles. The molecule has 1 amide bonds. The summed E-state index contributed by atoms with van der Waals surface area (Å²) in [4.78, 5) is 17.7. The molecule has 1 saturated heterocycles. The second-order valence-corrected chi connectivity index (χ2v) is 10.2. The van der Waals surface area contributed by atoms with Crippen LogP contribution in [-0.4, -0.2) is 40.9 Å². The van der Waals surface area contributed by atoms with E-state index >= 15 is 0 Å². The molecule has 0 spiro atoms. The topological polar surface area (TPSA) is 81.1 Å². The number of benzene rings is 1. The van der Waals surface area contributed by atoms with Gasteiger partial charge in [0, 0.05) is 12.1 Å². The lowest BCUT2D eigenvalue weighted by Gasteiger charge is -2.23. The van der Waals surface area contributed by atoms with Gasteiger partial charge in [-0.2, -0.15) is 0 Å². The first kappa shape index (κ1) is 19.1. The molecular formula is C20H24FN3O3S. The van der Waals surface area contributed by atoms with Gasteiger partial charge >= 0.3 is 0 Å². The molecule has 1 aromatic carbocycles. The van der Waals surface area contributed by atoms with Gasteiger partial charge in [-0.3, -0.25) is 4.79 Å². The normalized spacial score (nSPS) is 23.8. The molecule has 0 bridgehead atoms. The Morgan fingerprint density at radius 1 is 1.21 bits per heavy atom. The second-order valence-electron chi connectivity index (χ2n) is 8.06. The molecule has 6 nitrogen and oxygen atoms in total. The number of rotatable bonds is 3. The molecule has 1 aromatic heterocycles. The smallest absolute Gasteiger partial charge is 0.272 e. The number of halogens is 1. The van der Waals surface area contributed by atoms with Crippen molar-refractivity contribution in [2.24, 2.45) is 0 Å². The van der Waals surface area contributed by atoms with Crippen LogP contribution in [0.15, 0.2) is 24.3 Å². The fourth-order valence-electron chi connectivity index (χ4n) is 4.16. The Balaban J connectivity index is 1.70. The highest BCUT2D eigenvalue weighted by Crippen LogP contribution is 2.29. The molecule has 8 heteroatoms. The molecule has 28 heavy (non-hydrogen) atoms. The average Bonchev–Trinajstić information content (AvgIpc) is 3.01. The summed E-state index contributed by atoms with van der Waals surface area (Å²) in [6.07, 6.45) is 4.19. The third-order valence-corrected chi connectivity index (χ3v) is 7.51. The van der Waals surface area contributed by atoms with Crippen molar-refractivity contribution in [3.05, 3.63) is 41.5 Å². The van der Waals surface area contributed by atoms with Crippen molar-refractivity contribution in [1.29, 1.82) is 0 Å². The molecule has 2 aliphatic heterocycles. The number of nitrogens with one attached hydrogen (secondary N) is 1. The van der Waals surface area contributed by atoms with E-state index in [0.717, 1.165) is 43.5 Å². The minimum atomic E-state index is -3.12. The van der Waals surface area contributed by atoms with Crippen molar-refractivity contribution < 1.29 is 17.6 Å². The first-order valence-corrected chi connectivity index (χ1v) is 11.5. The van der Waals surface area contributed by atoms with Gasteiger partial charge in [0.05, 0.1) is 22.7 Å². The summed E-state index contributed by atoms with van der Waals surface area (Å²) in [5.41, 5.74) is 1.22. The summed E-state index contributed by atoms with van der Waals surface area (Å²) in [6, 6.07) is 6.11. The van der Waals surface area contributed by atoms with Crippen molar-refractivity contribution in [3.63, 3.8) is 0 Å². The Kier molecular flexibility index (Phi) is 4.77. The van der Waals surface area contributed by atoms with Gasteiger partial charge in [-0.05, 0) is 56.9 Å². The third kappa shape index (κ3) is 3.70. The Hall–Kier alpha value is -2.22. The summed E-state index contributed by atoms with van der Waals surface area (Å²) < 4.78 is 39.1. The summed E-state index contributed by atoms with van der Waals surface area (Å²) in [7, 11) is -3.12. The summed E-state index contributed by atoms with van der Waals surface area (Å²) in [5.74, 6) is 0.0444. The highest BCUT2D eigenvalue weighted by Gasteiger charge is 2.40. The van der Waals surface area contributed by atoms with Crippen LogP contribution < -0.4 is 5.32 Å². The summed E-state index contributed by atoms with van der Waals surface area (Å²) in [6.45, 7) is 2.53. The number of fused-ring (bicyclic) bond motifs is 1. The van der Waals surface area contributed by atoms with Crippen molar-refractivity contribution in [1.82, 2.24) is 14.9 Å². The van der Waals surface area contributed by atoms with Gasteiger partial charge in [-0.25, -0.2) is 17.8 Å². The lowest BCUT2D eigenvalue weighted by Crippen LogP contribution is -2.47. The van der Waals surface area contributed by atoms with Crippen LogP contribution in [0.5, 0.6) is 0 Å². The zero-order chi connectivity index (χ0) is 19.9. The lowest BCUT2D eigenvalue weighted by molar-refractivity contribution is 0.0909. The second kappa shape index (κ2) is 6.99. The standard InChI is InChI=1S/C20H24FN3O3S/c1-20(10-12-28(26,27)13-20)23-19(25)17-16-5-3-2-4-11-24(16)18(22-17)14-6-8-15(21)9-7-14/h6-9H,2-5,10-13H2,1H3,(H,23,25). The number of hydrogen-bond acceptors (Lipinski definition) is 4. The predicted molar refractivity (Wildman–Crippen MR) is 104 cm³/mol. The Labute approximate surface area is 164 Å². The van der Waals surface area contributed by atoms with E-state index in [1.54, 1.807) is 19.1 Å². The Morgan fingerprint density at radius 2 is 1.96 bits per heavy atom. The van der Waals surface area contributed by atoms with Crippen LogP contribution in [0.2, 0.25) is 0 Å². The summed E-state index contributed by atoms with van der Waals surface area (Å²) >= 11 is 0. The number of sulfone groups is 1. The third-order valence-electron chi connectivity index (χ3n) is 5.60. The van der Waals surface area contributed by atoms with Crippen LogP contribution in [0.25, 0.3) is 11.4 Å².